The molecular weight excluding hydrogens is 246 g/mol. The number of rotatable bonds is 5. The van der Waals surface area contributed by atoms with E-state index in [1.165, 1.54) is 44.9 Å². The maximum Gasteiger partial charge on any atom is 0.227 e. The smallest absolute Gasteiger partial charge is 0.227 e. The molecule has 2 fully saturated rings. The van der Waals surface area contributed by atoms with Crippen molar-refractivity contribution in [2.24, 2.45) is 11.8 Å². The summed E-state index contributed by atoms with van der Waals surface area (Å²) >= 11 is 0. The van der Waals surface area contributed by atoms with Gasteiger partial charge in [0, 0.05) is 18.7 Å². The Hall–Kier alpha value is -1.31. The minimum Gasteiger partial charge on any atom is -0.312 e. The maximum absolute atomic E-state index is 12.7. The molecule has 0 saturated heterocycles. The number of carbonyl (C=O) groups is 1. The van der Waals surface area contributed by atoms with Crippen LogP contribution in [0.3, 0.4) is 0 Å². The molecule has 0 heterocycles. The van der Waals surface area contributed by atoms with Gasteiger partial charge in [-0.3, -0.25) is 4.79 Å². The first-order valence-corrected chi connectivity index (χ1v) is 8.18. The molecule has 2 nitrogen and oxygen atoms in total. The highest BCUT2D eigenvalue weighted by atomic mass is 16.2. The molecule has 2 aliphatic carbocycles. The topological polar surface area (TPSA) is 20.3 Å². The van der Waals surface area contributed by atoms with Crippen LogP contribution in [-0.4, -0.2) is 12.5 Å². The molecule has 0 aromatic heterocycles. The van der Waals surface area contributed by atoms with E-state index in [0.717, 1.165) is 24.6 Å². The zero-order valence-electron chi connectivity index (χ0n) is 12.3. The molecular formula is C18H25NO. The Morgan fingerprint density at radius 1 is 0.950 bits per heavy atom. The van der Waals surface area contributed by atoms with Crippen molar-refractivity contribution >= 4 is 11.6 Å². The summed E-state index contributed by atoms with van der Waals surface area (Å²) in [7, 11) is 0. The van der Waals surface area contributed by atoms with E-state index in [-0.39, 0.29) is 0 Å². The van der Waals surface area contributed by atoms with Gasteiger partial charge >= 0.3 is 0 Å². The number of hydrogen-bond donors (Lipinski definition) is 0. The molecule has 0 bridgehead atoms. The van der Waals surface area contributed by atoms with Gasteiger partial charge in [0.1, 0.15) is 0 Å². The quantitative estimate of drug-likeness (QED) is 0.777. The van der Waals surface area contributed by atoms with Gasteiger partial charge in [0.2, 0.25) is 5.91 Å². The van der Waals surface area contributed by atoms with Crippen molar-refractivity contribution in [1.29, 1.82) is 0 Å². The molecule has 0 unspecified atom stereocenters. The number of nitrogens with zero attached hydrogens (tertiary/aromatic N) is 1. The highest BCUT2D eigenvalue weighted by Gasteiger charge is 2.29. The van der Waals surface area contributed by atoms with Crippen LogP contribution < -0.4 is 4.90 Å². The van der Waals surface area contributed by atoms with Crippen molar-refractivity contribution in [1.82, 2.24) is 0 Å². The van der Waals surface area contributed by atoms with Gasteiger partial charge < -0.3 is 4.90 Å². The summed E-state index contributed by atoms with van der Waals surface area (Å²) < 4.78 is 0. The lowest BCUT2D eigenvalue weighted by atomic mass is 9.86. The van der Waals surface area contributed by atoms with Crippen molar-refractivity contribution < 1.29 is 4.79 Å². The van der Waals surface area contributed by atoms with E-state index in [1.807, 2.05) is 23.1 Å². The van der Waals surface area contributed by atoms with E-state index in [0.29, 0.717) is 11.8 Å². The van der Waals surface area contributed by atoms with Crippen molar-refractivity contribution in [3.05, 3.63) is 30.3 Å². The SMILES string of the molecule is O=C(CC1CCCCC1)N(CC1CC1)c1ccccc1. The lowest BCUT2D eigenvalue weighted by molar-refractivity contribution is -0.119. The normalized spacial score (nSPS) is 19.8. The number of para-hydroxylation sites is 1. The number of carbonyl (C=O) groups excluding carboxylic acids is 1. The highest BCUT2D eigenvalue weighted by molar-refractivity contribution is 5.93. The first-order chi connectivity index (χ1) is 9.83. The van der Waals surface area contributed by atoms with E-state index in [2.05, 4.69) is 12.1 Å². The molecule has 0 N–H and O–H groups in total. The zero-order valence-corrected chi connectivity index (χ0v) is 12.3. The molecule has 108 valence electrons. The summed E-state index contributed by atoms with van der Waals surface area (Å²) in [6.07, 6.45) is 9.81. The fourth-order valence-corrected chi connectivity index (χ4v) is 3.27. The van der Waals surface area contributed by atoms with Crippen LogP contribution in [0.1, 0.15) is 51.4 Å². The zero-order chi connectivity index (χ0) is 13.8. The van der Waals surface area contributed by atoms with Gasteiger partial charge in [0.15, 0.2) is 0 Å². The Bertz CT molecular complexity index is 432. The van der Waals surface area contributed by atoms with Gasteiger partial charge in [0.25, 0.3) is 0 Å². The van der Waals surface area contributed by atoms with Crippen molar-refractivity contribution in [3.8, 4) is 0 Å². The van der Waals surface area contributed by atoms with Crippen LogP contribution in [0.15, 0.2) is 30.3 Å². The standard InChI is InChI=1S/C18H25NO/c20-18(13-15-7-3-1-4-8-15)19(14-16-11-12-16)17-9-5-2-6-10-17/h2,5-6,9-10,15-16H,1,3-4,7-8,11-14H2. The van der Waals surface area contributed by atoms with Crippen molar-refractivity contribution in [2.45, 2.75) is 51.4 Å². The summed E-state index contributed by atoms with van der Waals surface area (Å²) in [6.45, 7) is 0.926. The first kappa shape index (κ1) is 13.7. The average Bonchev–Trinajstić information content (AvgIpc) is 3.31. The van der Waals surface area contributed by atoms with E-state index in [1.54, 1.807) is 0 Å². The molecule has 1 aromatic rings. The summed E-state index contributed by atoms with van der Waals surface area (Å²) in [4.78, 5) is 14.7. The molecule has 0 spiro atoms. The third-order valence-corrected chi connectivity index (χ3v) is 4.69. The van der Waals surface area contributed by atoms with Crippen molar-refractivity contribution in [2.75, 3.05) is 11.4 Å². The minimum absolute atomic E-state index is 0.343. The summed E-state index contributed by atoms with van der Waals surface area (Å²) in [5, 5.41) is 0. The van der Waals surface area contributed by atoms with E-state index < -0.39 is 0 Å². The van der Waals surface area contributed by atoms with E-state index >= 15 is 0 Å². The van der Waals surface area contributed by atoms with Crippen LogP contribution in [0.4, 0.5) is 5.69 Å². The Kier molecular flexibility index (Phi) is 4.39. The Morgan fingerprint density at radius 2 is 1.65 bits per heavy atom. The van der Waals surface area contributed by atoms with Gasteiger partial charge in [-0.15, -0.1) is 0 Å². The molecule has 0 atom stereocenters. The molecule has 3 rings (SSSR count). The Labute approximate surface area is 122 Å². The van der Waals surface area contributed by atoms with Gasteiger partial charge in [-0.25, -0.2) is 0 Å². The predicted octanol–water partition coefficient (Wildman–Crippen LogP) is 4.40. The fourth-order valence-electron chi connectivity index (χ4n) is 3.27. The summed E-state index contributed by atoms with van der Waals surface area (Å²) in [5.41, 5.74) is 1.08. The Balaban J connectivity index is 1.66. The third kappa shape index (κ3) is 3.62. The predicted molar refractivity (Wildman–Crippen MR) is 82.7 cm³/mol. The average molecular weight is 271 g/mol. The van der Waals surface area contributed by atoms with Crippen LogP contribution in [0.5, 0.6) is 0 Å². The number of hydrogen-bond acceptors (Lipinski definition) is 1. The second-order valence-electron chi connectivity index (χ2n) is 6.49. The van der Waals surface area contributed by atoms with Gasteiger partial charge in [-0.2, -0.15) is 0 Å². The summed E-state index contributed by atoms with van der Waals surface area (Å²) in [5.74, 6) is 1.71. The van der Waals surface area contributed by atoms with Crippen LogP contribution in [-0.2, 0) is 4.79 Å². The second kappa shape index (κ2) is 6.43. The lowest BCUT2D eigenvalue weighted by Crippen LogP contribution is -2.34. The number of anilines is 1. The molecule has 2 saturated carbocycles. The van der Waals surface area contributed by atoms with Gasteiger partial charge in [0.05, 0.1) is 0 Å². The van der Waals surface area contributed by atoms with Crippen LogP contribution in [0, 0.1) is 11.8 Å². The molecule has 0 radical (unpaired) electrons. The van der Waals surface area contributed by atoms with Crippen LogP contribution in [0.25, 0.3) is 0 Å². The number of amides is 1. The minimum atomic E-state index is 0.343. The third-order valence-electron chi connectivity index (χ3n) is 4.69. The summed E-state index contributed by atoms with van der Waals surface area (Å²) in [6, 6.07) is 10.2. The van der Waals surface area contributed by atoms with E-state index in [9.17, 15) is 4.79 Å². The molecule has 20 heavy (non-hydrogen) atoms. The molecule has 2 aliphatic rings. The van der Waals surface area contributed by atoms with Gasteiger partial charge in [-0.1, -0.05) is 37.5 Å². The second-order valence-corrected chi connectivity index (χ2v) is 6.49. The maximum atomic E-state index is 12.7. The van der Waals surface area contributed by atoms with Crippen molar-refractivity contribution in [3.63, 3.8) is 0 Å². The van der Waals surface area contributed by atoms with Crippen LogP contribution in [0.2, 0.25) is 0 Å². The van der Waals surface area contributed by atoms with Gasteiger partial charge in [-0.05, 0) is 49.7 Å². The Morgan fingerprint density at radius 3 is 2.30 bits per heavy atom. The first-order valence-electron chi connectivity index (χ1n) is 8.18. The highest BCUT2D eigenvalue weighted by Crippen LogP contribution is 2.33. The number of benzene rings is 1. The molecule has 0 aliphatic heterocycles. The molecule has 1 amide bonds. The lowest BCUT2D eigenvalue weighted by Gasteiger charge is -2.27. The van der Waals surface area contributed by atoms with Crippen LogP contribution >= 0.6 is 0 Å². The molecule has 1 aromatic carbocycles. The largest absolute Gasteiger partial charge is 0.312 e. The molecule has 2 heteroatoms. The monoisotopic (exact) mass is 271 g/mol. The van der Waals surface area contributed by atoms with E-state index in [4.69, 9.17) is 0 Å². The fraction of sp³-hybridized carbons (Fsp3) is 0.611.